The molecule has 1 aromatic heterocycles. The Hall–Kier alpha value is -0.680. The molecular formula is C13H25N3OS. The molecule has 0 aliphatic carbocycles. The standard InChI is InChI=1S/C13H25N3OS/c1-6-12(9-18-5)15-13-14-10(2)7-16(13)11(3)8-17-4/h7,11-12H,6,8-9H2,1-5H3,(H,14,15). The molecule has 0 aromatic carbocycles. The summed E-state index contributed by atoms with van der Waals surface area (Å²) < 4.78 is 7.39. The summed E-state index contributed by atoms with van der Waals surface area (Å²) in [6.07, 6.45) is 5.32. The second-order valence-electron chi connectivity index (χ2n) is 4.62. The highest BCUT2D eigenvalue weighted by Gasteiger charge is 2.14. The lowest BCUT2D eigenvalue weighted by Crippen LogP contribution is -2.24. The van der Waals surface area contributed by atoms with Crippen molar-refractivity contribution in [3.05, 3.63) is 11.9 Å². The van der Waals surface area contributed by atoms with Crippen LogP contribution in [0.4, 0.5) is 5.95 Å². The minimum atomic E-state index is 0.297. The lowest BCUT2D eigenvalue weighted by atomic mass is 10.2. The van der Waals surface area contributed by atoms with Gasteiger partial charge in [0, 0.05) is 25.1 Å². The lowest BCUT2D eigenvalue weighted by Gasteiger charge is -2.20. The normalized spacial score (nSPS) is 14.5. The van der Waals surface area contributed by atoms with E-state index >= 15 is 0 Å². The van der Waals surface area contributed by atoms with Gasteiger partial charge < -0.3 is 14.6 Å². The Bertz CT molecular complexity index is 354. The molecule has 0 radical (unpaired) electrons. The molecule has 1 rings (SSSR count). The summed E-state index contributed by atoms with van der Waals surface area (Å²) in [6, 6.07) is 0.765. The van der Waals surface area contributed by atoms with E-state index in [0.717, 1.165) is 23.8 Å². The number of ether oxygens (including phenoxy) is 1. The first-order valence-electron chi connectivity index (χ1n) is 6.42. The van der Waals surface area contributed by atoms with Crippen LogP contribution in [0.5, 0.6) is 0 Å². The summed E-state index contributed by atoms with van der Waals surface area (Å²) in [7, 11) is 1.73. The van der Waals surface area contributed by atoms with Gasteiger partial charge in [-0.1, -0.05) is 6.92 Å². The molecule has 2 atom stereocenters. The number of nitrogens with one attached hydrogen (secondary N) is 1. The van der Waals surface area contributed by atoms with Crippen LogP contribution in [-0.2, 0) is 4.74 Å². The van der Waals surface area contributed by atoms with Crippen LogP contribution in [0, 0.1) is 6.92 Å². The molecule has 0 saturated carbocycles. The molecule has 0 saturated heterocycles. The van der Waals surface area contributed by atoms with E-state index in [1.165, 1.54) is 0 Å². The maximum absolute atomic E-state index is 5.22. The van der Waals surface area contributed by atoms with Crippen molar-refractivity contribution in [1.29, 1.82) is 0 Å². The highest BCUT2D eigenvalue weighted by Crippen LogP contribution is 2.18. The Morgan fingerprint density at radius 2 is 2.28 bits per heavy atom. The molecule has 0 bridgehead atoms. The number of thioether (sulfide) groups is 1. The van der Waals surface area contributed by atoms with Crippen molar-refractivity contribution in [1.82, 2.24) is 9.55 Å². The summed E-state index contributed by atoms with van der Waals surface area (Å²) in [4.78, 5) is 4.57. The Morgan fingerprint density at radius 3 is 2.83 bits per heavy atom. The third-order valence-electron chi connectivity index (χ3n) is 2.93. The highest BCUT2D eigenvalue weighted by molar-refractivity contribution is 7.98. The molecule has 0 aliphatic rings. The minimum absolute atomic E-state index is 0.297. The lowest BCUT2D eigenvalue weighted by molar-refractivity contribution is 0.163. The van der Waals surface area contributed by atoms with Crippen LogP contribution < -0.4 is 5.32 Å². The SMILES string of the molecule is CCC(CSC)Nc1nc(C)cn1C(C)COC. The fourth-order valence-electron chi connectivity index (χ4n) is 1.93. The van der Waals surface area contributed by atoms with Crippen LogP contribution >= 0.6 is 11.8 Å². The monoisotopic (exact) mass is 271 g/mol. The number of hydrogen-bond acceptors (Lipinski definition) is 4. The van der Waals surface area contributed by atoms with Crippen molar-refractivity contribution < 1.29 is 4.74 Å². The summed E-state index contributed by atoms with van der Waals surface area (Å²) in [6.45, 7) is 7.07. The average molecular weight is 271 g/mol. The average Bonchev–Trinajstić information content (AvgIpc) is 2.70. The van der Waals surface area contributed by atoms with Crippen molar-refractivity contribution in [3.8, 4) is 0 Å². The summed E-state index contributed by atoms with van der Waals surface area (Å²) in [5.41, 5.74) is 1.04. The van der Waals surface area contributed by atoms with Gasteiger partial charge in [-0.05, 0) is 26.5 Å². The first-order valence-corrected chi connectivity index (χ1v) is 7.81. The molecular weight excluding hydrogens is 246 g/mol. The number of anilines is 1. The van der Waals surface area contributed by atoms with E-state index in [0.29, 0.717) is 18.7 Å². The van der Waals surface area contributed by atoms with Crippen LogP contribution in [0.3, 0.4) is 0 Å². The van der Waals surface area contributed by atoms with Gasteiger partial charge in [0.1, 0.15) is 0 Å². The van der Waals surface area contributed by atoms with Crippen LogP contribution in [-0.4, -0.2) is 41.3 Å². The van der Waals surface area contributed by atoms with Gasteiger partial charge in [-0.15, -0.1) is 0 Å². The number of aromatic nitrogens is 2. The Morgan fingerprint density at radius 1 is 1.56 bits per heavy atom. The van der Waals surface area contributed by atoms with Gasteiger partial charge in [-0.2, -0.15) is 11.8 Å². The largest absolute Gasteiger partial charge is 0.383 e. The number of imidazole rings is 1. The zero-order valence-corrected chi connectivity index (χ0v) is 12.9. The van der Waals surface area contributed by atoms with Crippen molar-refractivity contribution >= 4 is 17.7 Å². The second kappa shape index (κ2) is 7.69. The van der Waals surface area contributed by atoms with E-state index in [1.807, 2.05) is 18.7 Å². The third kappa shape index (κ3) is 4.21. The molecule has 0 spiro atoms. The van der Waals surface area contributed by atoms with E-state index in [4.69, 9.17) is 4.74 Å². The number of methoxy groups -OCH3 is 1. The maximum atomic E-state index is 5.22. The summed E-state index contributed by atoms with van der Waals surface area (Å²) in [5.74, 6) is 2.05. The number of hydrogen-bond donors (Lipinski definition) is 1. The quantitative estimate of drug-likeness (QED) is 0.789. The fourth-order valence-corrected chi connectivity index (χ4v) is 2.65. The maximum Gasteiger partial charge on any atom is 0.203 e. The second-order valence-corrected chi connectivity index (χ2v) is 5.53. The molecule has 4 nitrogen and oxygen atoms in total. The number of rotatable bonds is 8. The van der Waals surface area contributed by atoms with Gasteiger partial charge in [0.2, 0.25) is 5.95 Å². The van der Waals surface area contributed by atoms with Crippen LogP contribution in [0.15, 0.2) is 6.20 Å². The summed E-state index contributed by atoms with van der Waals surface area (Å²) in [5, 5.41) is 3.53. The van der Waals surface area contributed by atoms with Gasteiger partial charge >= 0.3 is 0 Å². The molecule has 18 heavy (non-hydrogen) atoms. The van der Waals surface area contributed by atoms with E-state index in [1.54, 1.807) is 7.11 Å². The smallest absolute Gasteiger partial charge is 0.203 e. The van der Waals surface area contributed by atoms with Gasteiger partial charge in [-0.25, -0.2) is 4.98 Å². The van der Waals surface area contributed by atoms with Crippen LogP contribution in [0.25, 0.3) is 0 Å². The fraction of sp³-hybridized carbons (Fsp3) is 0.769. The van der Waals surface area contributed by atoms with Crippen molar-refractivity contribution in [2.75, 3.05) is 31.0 Å². The molecule has 1 N–H and O–H groups in total. The molecule has 104 valence electrons. The molecule has 2 unspecified atom stereocenters. The first-order chi connectivity index (χ1) is 8.62. The minimum Gasteiger partial charge on any atom is -0.383 e. The zero-order valence-electron chi connectivity index (χ0n) is 12.1. The molecule has 0 amide bonds. The molecule has 1 aromatic rings. The van der Waals surface area contributed by atoms with E-state index in [2.05, 4.69) is 41.2 Å². The molecule has 0 fully saturated rings. The summed E-state index contributed by atoms with van der Waals surface area (Å²) >= 11 is 1.86. The topological polar surface area (TPSA) is 39.1 Å². The number of nitrogens with zero attached hydrogens (tertiary/aromatic N) is 2. The predicted octanol–water partition coefficient (Wildman–Crippen LogP) is 2.95. The Kier molecular flexibility index (Phi) is 6.57. The van der Waals surface area contributed by atoms with Crippen LogP contribution in [0.2, 0.25) is 0 Å². The van der Waals surface area contributed by atoms with Crippen molar-refractivity contribution in [2.24, 2.45) is 0 Å². The van der Waals surface area contributed by atoms with Gasteiger partial charge in [-0.3, -0.25) is 0 Å². The van der Waals surface area contributed by atoms with Crippen molar-refractivity contribution in [3.63, 3.8) is 0 Å². The zero-order chi connectivity index (χ0) is 13.5. The first kappa shape index (κ1) is 15.4. The van der Waals surface area contributed by atoms with Gasteiger partial charge in [0.05, 0.1) is 18.3 Å². The third-order valence-corrected chi connectivity index (χ3v) is 3.67. The van der Waals surface area contributed by atoms with Gasteiger partial charge in [0.25, 0.3) is 0 Å². The van der Waals surface area contributed by atoms with Gasteiger partial charge in [0.15, 0.2) is 0 Å². The number of aryl methyl sites for hydroxylation is 1. The van der Waals surface area contributed by atoms with Crippen LogP contribution in [0.1, 0.15) is 32.0 Å². The van der Waals surface area contributed by atoms with Crippen molar-refractivity contribution in [2.45, 2.75) is 39.3 Å². The van der Waals surface area contributed by atoms with E-state index in [-0.39, 0.29) is 0 Å². The van der Waals surface area contributed by atoms with E-state index < -0.39 is 0 Å². The van der Waals surface area contributed by atoms with E-state index in [9.17, 15) is 0 Å². The molecule has 0 aliphatic heterocycles. The molecule has 1 heterocycles. The Balaban J connectivity index is 2.80. The Labute approximate surface area is 115 Å². The highest BCUT2D eigenvalue weighted by atomic mass is 32.2. The molecule has 5 heteroatoms. The predicted molar refractivity (Wildman–Crippen MR) is 79.6 cm³/mol.